The van der Waals surface area contributed by atoms with Gasteiger partial charge in [-0.3, -0.25) is 4.79 Å². The van der Waals surface area contributed by atoms with Crippen molar-refractivity contribution in [2.75, 3.05) is 38.2 Å². The molecule has 0 atom stereocenters. The van der Waals surface area contributed by atoms with Crippen molar-refractivity contribution >= 4 is 33.4 Å². The summed E-state index contributed by atoms with van der Waals surface area (Å²) in [6, 6.07) is 2.24. The van der Waals surface area contributed by atoms with Crippen LogP contribution in [0.2, 0.25) is 0 Å². The molecule has 28 heavy (non-hydrogen) atoms. The fraction of sp³-hybridized carbons (Fsp3) is 0.368. The quantitative estimate of drug-likeness (QED) is 0.511. The molecule has 0 bridgehead atoms. The largest absolute Gasteiger partial charge is 0.370 e. The van der Waals surface area contributed by atoms with Gasteiger partial charge in [-0.15, -0.1) is 0 Å². The number of carbonyl (C=O) groups excluding carboxylic acids is 1. The number of aryl methyl sites for hydroxylation is 1. The maximum atomic E-state index is 11.7. The first-order valence-electron chi connectivity index (χ1n) is 8.97. The molecule has 2 N–H and O–H groups in total. The predicted octanol–water partition coefficient (Wildman–Crippen LogP) is 2.08. The molecule has 1 aromatic heterocycles. The van der Waals surface area contributed by atoms with E-state index in [1.165, 1.54) is 0 Å². The van der Waals surface area contributed by atoms with Crippen molar-refractivity contribution in [3.8, 4) is 6.07 Å². The lowest BCUT2D eigenvalue weighted by molar-refractivity contribution is -0.142. The zero-order valence-electron chi connectivity index (χ0n) is 15.5. The SMILES string of the molecule is Cc1cnc(NCCCN2CCOCC2=O)nc1C(C#N)=C1NC=CC=C1Br. The Morgan fingerprint density at radius 2 is 2.39 bits per heavy atom. The predicted molar refractivity (Wildman–Crippen MR) is 109 cm³/mol. The van der Waals surface area contributed by atoms with E-state index >= 15 is 0 Å². The van der Waals surface area contributed by atoms with Crippen LogP contribution in [0.1, 0.15) is 17.7 Å². The van der Waals surface area contributed by atoms with E-state index in [1.807, 2.05) is 19.1 Å². The maximum Gasteiger partial charge on any atom is 0.248 e. The summed E-state index contributed by atoms with van der Waals surface area (Å²) in [5.74, 6) is 0.478. The molecule has 146 valence electrons. The molecule has 0 radical (unpaired) electrons. The summed E-state index contributed by atoms with van der Waals surface area (Å²) in [6.07, 6.45) is 7.95. The van der Waals surface area contributed by atoms with Crippen molar-refractivity contribution in [3.05, 3.63) is 46.0 Å². The highest BCUT2D eigenvalue weighted by Crippen LogP contribution is 2.27. The first kappa shape index (κ1) is 20.0. The van der Waals surface area contributed by atoms with Crippen LogP contribution in [0.4, 0.5) is 5.95 Å². The van der Waals surface area contributed by atoms with E-state index in [4.69, 9.17) is 4.74 Å². The van der Waals surface area contributed by atoms with Crippen molar-refractivity contribution in [3.63, 3.8) is 0 Å². The molecule has 3 heterocycles. The van der Waals surface area contributed by atoms with Crippen molar-refractivity contribution < 1.29 is 9.53 Å². The number of ether oxygens (including phenoxy) is 1. The molecule has 0 unspecified atom stereocenters. The van der Waals surface area contributed by atoms with Gasteiger partial charge in [0, 0.05) is 36.5 Å². The summed E-state index contributed by atoms with van der Waals surface area (Å²) in [5, 5.41) is 16.0. The summed E-state index contributed by atoms with van der Waals surface area (Å²) in [7, 11) is 0. The smallest absolute Gasteiger partial charge is 0.248 e. The number of dihydropyridines is 1. The Hall–Kier alpha value is -2.70. The fourth-order valence-corrected chi connectivity index (χ4v) is 3.34. The number of allylic oxidation sites excluding steroid dienone is 4. The van der Waals surface area contributed by atoms with Crippen LogP contribution in [0.5, 0.6) is 0 Å². The van der Waals surface area contributed by atoms with Gasteiger partial charge in [-0.05, 0) is 47.0 Å². The Morgan fingerprint density at radius 3 is 3.14 bits per heavy atom. The van der Waals surface area contributed by atoms with Gasteiger partial charge >= 0.3 is 0 Å². The summed E-state index contributed by atoms with van der Waals surface area (Å²) in [6.45, 7) is 4.54. The Bertz CT molecular complexity index is 887. The van der Waals surface area contributed by atoms with Crippen LogP contribution in [0.25, 0.3) is 5.57 Å². The minimum absolute atomic E-state index is 0.0260. The highest BCUT2D eigenvalue weighted by molar-refractivity contribution is 9.12. The minimum atomic E-state index is 0.0260. The fourth-order valence-electron chi connectivity index (χ4n) is 2.87. The van der Waals surface area contributed by atoms with Crippen molar-refractivity contribution in [1.29, 1.82) is 5.26 Å². The molecule has 9 heteroatoms. The number of morpholine rings is 1. The number of hydrogen-bond acceptors (Lipinski definition) is 7. The molecule has 3 rings (SSSR count). The molecule has 0 spiro atoms. The first-order chi connectivity index (χ1) is 13.6. The molecule has 1 saturated heterocycles. The van der Waals surface area contributed by atoms with Gasteiger partial charge in [0.05, 0.1) is 18.0 Å². The molecule has 1 aromatic rings. The molecule has 8 nitrogen and oxygen atoms in total. The van der Waals surface area contributed by atoms with Crippen molar-refractivity contribution in [2.45, 2.75) is 13.3 Å². The maximum absolute atomic E-state index is 11.7. The van der Waals surface area contributed by atoms with Gasteiger partial charge in [-0.1, -0.05) is 0 Å². The third-order valence-corrected chi connectivity index (χ3v) is 5.01. The monoisotopic (exact) mass is 444 g/mol. The molecule has 0 aromatic carbocycles. The second kappa shape index (κ2) is 9.48. The Kier molecular flexibility index (Phi) is 6.79. The van der Waals surface area contributed by atoms with Crippen LogP contribution in [-0.4, -0.2) is 53.6 Å². The van der Waals surface area contributed by atoms with Gasteiger partial charge in [0.15, 0.2) is 0 Å². The van der Waals surface area contributed by atoms with Crippen LogP contribution in [0.15, 0.2) is 34.7 Å². The van der Waals surface area contributed by atoms with Gasteiger partial charge < -0.3 is 20.3 Å². The zero-order chi connectivity index (χ0) is 19.9. The third-order valence-electron chi connectivity index (χ3n) is 4.35. The molecule has 1 amide bonds. The average molecular weight is 445 g/mol. The number of nitriles is 1. The lowest BCUT2D eigenvalue weighted by atomic mass is 10.1. The third kappa shape index (κ3) is 4.77. The summed E-state index contributed by atoms with van der Waals surface area (Å²) < 4.78 is 5.91. The van der Waals surface area contributed by atoms with Crippen molar-refractivity contribution in [2.24, 2.45) is 0 Å². The highest BCUT2D eigenvalue weighted by atomic mass is 79.9. The topological polar surface area (TPSA) is 103 Å². The molecule has 0 aliphatic carbocycles. The van der Waals surface area contributed by atoms with E-state index < -0.39 is 0 Å². The normalized spacial score (nSPS) is 18.2. The van der Waals surface area contributed by atoms with E-state index in [2.05, 4.69) is 42.6 Å². The second-order valence-electron chi connectivity index (χ2n) is 6.32. The summed E-state index contributed by atoms with van der Waals surface area (Å²) >= 11 is 3.47. The lowest BCUT2D eigenvalue weighted by Crippen LogP contribution is -2.42. The second-order valence-corrected chi connectivity index (χ2v) is 7.17. The number of rotatable bonds is 6. The molecule has 2 aliphatic rings. The molecule has 2 aliphatic heterocycles. The Morgan fingerprint density at radius 1 is 1.54 bits per heavy atom. The Balaban J connectivity index is 1.67. The van der Waals surface area contributed by atoms with Gasteiger partial charge in [0.25, 0.3) is 0 Å². The number of aromatic nitrogens is 2. The summed E-state index contributed by atoms with van der Waals surface area (Å²) in [4.78, 5) is 22.4. The van der Waals surface area contributed by atoms with Crippen LogP contribution in [0, 0.1) is 18.3 Å². The van der Waals surface area contributed by atoms with E-state index in [0.29, 0.717) is 49.2 Å². The number of amides is 1. The van der Waals surface area contributed by atoms with Crippen LogP contribution in [0.3, 0.4) is 0 Å². The number of nitrogens with zero attached hydrogens (tertiary/aromatic N) is 4. The van der Waals surface area contributed by atoms with Gasteiger partial charge in [0.1, 0.15) is 18.2 Å². The molecular formula is C19H21BrN6O2. The van der Waals surface area contributed by atoms with E-state index in [1.54, 1.807) is 17.3 Å². The van der Waals surface area contributed by atoms with Gasteiger partial charge in [-0.2, -0.15) is 5.26 Å². The van der Waals surface area contributed by atoms with Gasteiger partial charge in [0.2, 0.25) is 11.9 Å². The number of halogens is 1. The van der Waals surface area contributed by atoms with Crippen LogP contribution < -0.4 is 10.6 Å². The minimum Gasteiger partial charge on any atom is -0.370 e. The van der Waals surface area contributed by atoms with E-state index in [-0.39, 0.29) is 12.5 Å². The summed E-state index contributed by atoms with van der Waals surface area (Å²) in [5.41, 5.74) is 2.49. The van der Waals surface area contributed by atoms with Gasteiger partial charge in [-0.25, -0.2) is 9.97 Å². The van der Waals surface area contributed by atoms with Crippen molar-refractivity contribution in [1.82, 2.24) is 20.2 Å². The number of anilines is 1. The first-order valence-corrected chi connectivity index (χ1v) is 9.76. The zero-order valence-corrected chi connectivity index (χ0v) is 17.1. The highest BCUT2D eigenvalue weighted by Gasteiger charge is 2.18. The lowest BCUT2D eigenvalue weighted by Gasteiger charge is -2.26. The molecule has 1 fully saturated rings. The van der Waals surface area contributed by atoms with E-state index in [0.717, 1.165) is 16.5 Å². The number of nitrogens with one attached hydrogen (secondary N) is 2. The van der Waals surface area contributed by atoms with Crippen LogP contribution >= 0.6 is 15.9 Å². The van der Waals surface area contributed by atoms with Crippen LogP contribution in [-0.2, 0) is 9.53 Å². The number of hydrogen-bond donors (Lipinski definition) is 2. The number of carbonyl (C=O) groups is 1. The molecule has 0 saturated carbocycles. The molecular weight excluding hydrogens is 424 g/mol. The standard InChI is InChI=1S/C19H21BrN6O2/c1-13-11-24-19(23-6-3-7-26-8-9-28-12-16(26)27)25-17(13)14(10-21)18-15(20)4-2-5-22-18/h2,4-5,11,22H,3,6-9,12H2,1H3,(H,23,24,25). The Labute approximate surface area is 172 Å². The average Bonchev–Trinajstić information content (AvgIpc) is 2.70. The van der Waals surface area contributed by atoms with E-state index in [9.17, 15) is 10.1 Å².